The van der Waals surface area contributed by atoms with Gasteiger partial charge in [-0.3, -0.25) is 4.68 Å². The number of hydrogen-bond donors (Lipinski definition) is 1. The van der Waals surface area contributed by atoms with Crippen molar-refractivity contribution in [2.45, 2.75) is 38.8 Å². The first-order valence-electron chi connectivity index (χ1n) is 7.14. The van der Waals surface area contributed by atoms with E-state index in [9.17, 15) is 0 Å². The molecule has 1 atom stereocenters. The summed E-state index contributed by atoms with van der Waals surface area (Å²) in [6.45, 7) is 5.17. The second-order valence-electron chi connectivity index (χ2n) is 5.12. The van der Waals surface area contributed by atoms with Gasteiger partial charge in [0.1, 0.15) is 0 Å². The first-order chi connectivity index (χ1) is 9.38. The van der Waals surface area contributed by atoms with Crippen molar-refractivity contribution in [1.29, 1.82) is 0 Å². The van der Waals surface area contributed by atoms with Gasteiger partial charge in [-0.1, -0.05) is 6.42 Å². The Morgan fingerprint density at radius 2 is 2.32 bits per heavy atom. The van der Waals surface area contributed by atoms with Crippen LogP contribution in [0, 0.1) is 0 Å². The number of aromatic nitrogens is 4. The van der Waals surface area contributed by atoms with Crippen LogP contribution in [-0.2, 0) is 6.54 Å². The Labute approximate surface area is 113 Å². The molecular weight excluding hydrogens is 238 g/mol. The summed E-state index contributed by atoms with van der Waals surface area (Å²) in [5.41, 5.74) is 2.33. The molecule has 2 aromatic rings. The van der Waals surface area contributed by atoms with Gasteiger partial charge in [-0.25, -0.2) is 4.98 Å². The Bertz CT molecular complexity index is 519. The first kappa shape index (κ1) is 12.4. The summed E-state index contributed by atoms with van der Waals surface area (Å²) in [5, 5.41) is 7.87. The van der Waals surface area contributed by atoms with Crippen LogP contribution >= 0.6 is 0 Å². The third kappa shape index (κ3) is 2.56. The molecule has 0 radical (unpaired) electrons. The lowest BCUT2D eigenvalue weighted by molar-refractivity contribution is 0.464. The van der Waals surface area contributed by atoms with E-state index in [-0.39, 0.29) is 0 Å². The Morgan fingerprint density at radius 3 is 3.16 bits per heavy atom. The average Bonchev–Trinajstić information content (AvgIpc) is 3.02. The van der Waals surface area contributed by atoms with Gasteiger partial charge in [-0.15, -0.1) is 0 Å². The van der Waals surface area contributed by atoms with Crippen molar-refractivity contribution in [2.24, 2.45) is 0 Å². The van der Waals surface area contributed by atoms with Crippen LogP contribution in [0.4, 0.5) is 0 Å². The lowest BCUT2D eigenvalue weighted by Crippen LogP contribution is -2.23. The minimum Gasteiger partial charge on any atom is -0.326 e. The summed E-state index contributed by atoms with van der Waals surface area (Å²) in [6.07, 6.45) is 11.7. The van der Waals surface area contributed by atoms with Gasteiger partial charge in [0.15, 0.2) is 0 Å². The molecule has 0 aromatic carbocycles. The average molecular weight is 259 g/mol. The lowest BCUT2D eigenvalue weighted by Gasteiger charge is -2.18. The summed E-state index contributed by atoms with van der Waals surface area (Å²) in [5.74, 6) is 0. The molecule has 1 saturated heterocycles. The van der Waals surface area contributed by atoms with Gasteiger partial charge < -0.3 is 9.88 Å². The Balaban J connectivity index is 1.88. The zero-order valence-corrected chi connectivity index (χ0v) is 11.4. The highest BCUT2D eigenvalue weighted by Gasteiger charge is 2.17. The van der Waals surface area contributed by atoms with Crippen LogP contribution in [-0.4, -0.2) is 32.4 Å². The normalized spacial score (nSPS) is 20.4. The Hall–Kier alpha value is -1.62. The molecule has 5 nitrogen and oxygen atoms in total. The van der Waals surface area contributed by atoms with Crippen molar-refractivity contribution in [1.82, 2.24) is 24.6 Å². The molecule has 1 aliphatic rings. The SMILES string of the molecule is CCn1cc(-c2cncn2C2CCCCNC2)cn1. The van der Waals surface area contributed by atoms with E-state index in [1.165, 1.54) is 25.0 Å². The van der Waals surface area contributed by atoms with E-state index in [1.54, 1.807) is 0 Å². The third-order valence-electron chi connectivity index (χ3n) is 3.83. The molecule has 1 unspecified atom stereocenters. The quantitative estimate of drug-likeness (QED) is 0.918. The van der Waals surface area contributed by atoms with Gasteiger partial charge in [0.2, 0.25) is 0 Å². The van der Waals surface area contributed by atoms with Crippen molar-refractivity contribution in [3.8, 4) is 11.3 Å². The number of aryl methyl sites for hydroxylation is 1. The first-order valence-corrected chi connectivity index (χ1v) is 7.14. The van der Waals surface area contributed by atoms with Crippen molar-refractivity contribution >= 4 is 0 Å². The summed E-state index contributed by atoms with van der Waals surface area (Å²) >= 11 is 0. The molecule has 3 rings (SSSR count). The highest BCUT2D eigenvalue weighted by molar-refractivity contribution is 5.56. The summed E-state index contributed by atoms with van der Waals surface area (Å²) in [6, 6.07) is 0.505. The maximum absolute atomic E-state index is 4.36. The van der Waals surface area contributed by atoms with Crippen LogP contribution < -0.4 is 5.32 Å². The largest absolute Gasteiger partial charge is 0.326 e. The molecule has 0 bridgehead atoms. The van der Waals surface area contributed by atoms with E-state index in [4.69, 9.17) is 0 Å². The van der Waals surface area contributed by atoms with E-state index in [2.05, 4.69) is 33.1 Å². The molecular formula is C14H21N5. The number of imidazole rings is 1. The van der Waals surface area contributed by atoms with Gasteiger partial charge in [0.05, 0.1) is 24.4 Å². The zero-order chi connectivity index (χ0) is 13.1. The summed E-state index contributed by atoms with van der Waals surface area (Å²) in [7, 11) is 0. The molecule has 0 amide bonds. The zero-order valence-electron chi connectivity index (χ0n) is 11.4. The van der Waals surface area contributed by atoms with Crippen molar-refractivity contribution < 1.29 is 0 Å². The highest BCUT2D eigenvalue weighted by atomic mass is 15.3. The minimum atomic E-state index is 0.505. The van der Waals surface area contributed by atoms with Gasteiger partial charge >= 0.3 is 0 Å². The fraction of sp³-hybridized carbons (Fsp3) is 0.571. The van der Waals surface area contributed by atoms with Crippen LogP contribution in [0.5, 0.6) is 0 Å². The Morgan fingerprint density at radius 1 is 1.37 bits per heavy atom. The van der Waals surface area contributed by atoms with Gasteiger partial charge in [0.25, 0.3) is 0 Å². The molecule has 2 aromatic heterocycles. The van der Waals surface area contributed by atoms with Crippen molar-refractivity contribution in [2.75, 3.05) is 13.1 Å². The molecule has 0 saturated carbocycles. The third-order valence-corrected chi connectivity index (χ3v) is 3.83. The standard InChI is InChI=1S/C14H21N5/c1-2-18-10-12(7-17-18)14-9-16-11-19(14)13-5-3-4-6-15-8-13/h7,9-11,13,15H,2-6,8H2,1H3. The van der Waals surface area contributed by atoms with Crippen LogP contribution in [0.15, 0.2) is 24.9 Å². The molecule has 19 heavy (non-hydrogen) atoms. The van der Waals surface area contributed by atoms with Crippen LogP contribution in [0.2, 0.25) is 0 Å². The van der Waals surface area contributed by atoms with Crippen molar-refractivity contribution in [3.05, 3.63) is 24.9 Å². The number of nitrogens with zero attached hydrogens (tertiary/aromatic N) is 4. The Kier molecular flexibility index (Phi) is 3.64. The van der Waals surface area contributed by atoms with E-state index in [0.717, 1.165) is 25.2 Å². The predicted molar refractivity (Wildman–Crippen MR) is 74.9 cm³/mol. The molecule has 5 heteroatoms. The van der Waals surface area contributed by atoms with Gasteiger partial charge in [-0.05, 0) is 26.3 Å². The molecule has 0 aliphatic carbocycles. The molecule has 1 fully saturated rings. The van der Waals surface area contributed by atoms with Crippen molar-refractivity contribution in [3.63, 3.8) is 0 Å². The summed E-state index contributed by atoms with van der Waals surface area (Å²) in [4.78, 5) is 4.34. The van der Waals surface area contributed by atoms with Gasteiger partial charge in [0, 0.05) is 30.9 Å². The minimum absolute atomic E-state index is 0.505. The lowest BCUT2D eigenvalue weighted by atomic mass is 10.1. The molecule has 102 valence electrons. The second kappa shape index (κ2) is 5.57. The molecule has 1 N–H and O–H groups in total. The molecule has 3 heterocycles. The number of rotatable bonds is 3. The van der Waals surface area contributed by atoms with E-state index >= 15 is 0 Å². The van der Waals surface area contributed by atoms with Crippen LogP contribution in [0.25, 0.3) is 11.3 Å². The van der Waals surface area contributed by atoms with E-state index < -0.39 is 0 Å². The molecule has 1 aliphatic heterocycles. The van der Waals surface area contributed by atoms with Crippen LogP contribution in [0.3, 0.4) is 0 Å². The van der Waals surface area contributed by atoms with E-state index in [1.807, 2.05) is 23.4 Å². The fourth-order valence-electron chi connectivity index (χ4n) is 2.73. The maximum Gasteiger partial charge on any atom is 0.0954 e. The topological polar surface area (TPSA) is 47.7 Å². The monoisotopic (exact) mass is 259 g/mol. The summed E-state index contributed by atoms with van der Waals surface area (Å²) < 4.78 is 4.26. The van der Waals surface area contributed by atoms with E-state index in [0.29, 0.717) is 6.04 Å². The van der Waals surface area contributed by atoms with Gasteiger partial charge in [-0.2, -0.15) is 5.10 Å². The van der Waals surface area contributed by atoms with Crippen LogP contribution in [0.1, 0.15) is 32.2 Å². The second-order valence-corrected chi connectivity index (χ2v) is 5.12. The number of nitrogens with one attached hydrogen (secondary N) is 1. The smallest absolute Gasteiger partial charge is 0.0954 e. The maximum atomic E-state index is 4.36. The number of hydrogen-bond acceptors (Lipinski definition) is 3. The molecule has 0 spiro atoms. The fourth-order valence-corrected chi connectivity index (χ4v) is 2.73. The highest BCUT2D eigenvalue weighted by Crippen LogP contribution is 2.25. The predicted octanol–water partition coefficient (Wildman–Crippen LogP) is 2.08.